The summed E-state index contributed by atoms with van der Waals surface area (Å²) in [5, 5.41) is 0. The average molecular weight is 198 g/mol. The predicted molar refractivity (Wildman–Crippen MR) is 55.8 cm³/mol. The summed E-state index contributed by atoms with van der Waals surface area (Å²) in [5.74, 6) is 1.69. The highest BCUT2D eigenvalue weighted by Crippen LogP contribution is 2.32. The van der Waals surface area contributed by atoms with Crippen molar-refractivity contribution < 1.29 is 9.78 Å². The van der Waals surface area contributed by atoms with Gasteiger partial charge in [0.1, 0.15) is 0 Å². The van der Waals surface area contributed by atoms with Crippen LogP contribution in [0.2, 0.25) is 0 Å². The first-order chi connectivity index (χ1) is 6.97. The van der Waals surface area contributed by atoms with Gasteiger partial charge in [-0.1, -0.05) is 38.5 Å². The molecule has 2 rings (SSSR count). The Hall–Kier alpha value is -0.0800. The van der Waals surface area contributed by atoms with E-state index in [1.165, 1.54) is 51.4 Å². The number of rotatable bonds is 1. The molecule has 1 heterocycles. The van der Waals surface area contributed by atoms with E-state index in [1.807, 2.05) is 0 Å². The Kier molecular flexibility index (Phi) is 4.26. The van der Waals surface area contributed by atoms with Crippen LogP contribution in [0, 0.1) is 11.8 Å². The predicted octanol–water partition coefficient (Wildman–Crippen LogP) is 3.32. The van der Waals surface area contributed by atoms with Crippen molar-refractivity contribution in [3.8, 4) is 0 Å². The van der Waals surface area contributed by atoms with Crippen molar-refractivity contribution in [3.63, 3.8) is 0 Å². The zero-order chi connectivity index (χ0) is 9.64. The quantitative estimate of drug-likeness (QED) is 0.475. The highest BCUT2D eigenvalue weighted by atomic mass is 17.2. The van der Waals surface area contributed by atoms with E-state index >= 15 is 0 Å². The largest absolute Gasteiger partial charge is 0.237 e. The van der Waals surface area contributed by atoms with Crippen LogP contribution in [0.4, 0.5) is 0 Å². The van der Waals surface area contributed by atoms with Gasteiger partial charge in [-0.05, 0) is 24.7 Å². The first-order valence-corrected chi connectivity index (χ1v) is 6.21. The minimum Gasteiger partial charge on any atom is -0.237 e. The van der Waals surface area contributed by atoms with E-state index in [9.17, 15) is 0 Å². The van der Waals surface area contributed by atoms with E-state index in [0.29, 0.717) is 0 Å². The van der Waals surface area contributed by atoms with E-state index in [-0.39, 0.29) is 0 Å². The first kappa shape index (κ1) is 10.4. The van der Waals surface area contributed by atoms with Crippen LogP contribution in [0.15, 0.2) is 0 Å². The summed E-state index contributed by atoms with van der Waals surface area (Å²) < 4.78 is 0. The van der Waals surface area contributed by atoms with Crippen LogP contribution >= 0.6 is 0 Å². The molecule has 82 valence electrons. The molecule has 0 bridgehead atoms. The molecule has 0 amide bonds. The summed E-state index contributed by atoms with van der Waals surface area (Å²) in [6.45, 7) is 1.63. The van der Waals surface area contributed by atoms with Gasteiger partial charge in [-0.15, -0.1) is 0 Å². The summed E-state index contributed by atoms with van der Waals surface area (Å²) in [6.07, 6.45) is 11.1. The van der Waals surface area contributed by atoms with E-state index in [0.717, 1.165) is 25.0 Å². The molecule has 0 N–H and O–H groups in total. The van der Waals surface area contributed by atoms with Gasteiger partial charge in [0.2, 0.25) is 0 Å². The lowest BCUT2D eigenvalue weighted by Gasteiger charge is -2.23. The molecule has 0 aromatic heterocycles. The number of hydrogen-bond acceptors (Lipinski definition) is 2. The van der Waals surface area contributed by atoms with Gasteiger partial charge in [0, 0.05) is 0 Å². The maximum absolute atomic E-state index is 5.20. The fraction of sp³-hybridized carbons (Fsp3) is 1.00. The second-order valence-corrected chi connectivity index (χ2v) is 4.76. The molecule has 1 unspecified atom stereocenters. The Balaban J connectivity index is 1.83. The Bertz CT molecular complexity index is 124. The van der Waals surface area contributed by atoms with Crippen LogP contribution in [-0.4, -0.2) is 13.2 Å². The Labute approximate surface area is 86.9 Å². The first-order valence-electron chi connectivity index (χ1n) is 6.21. The van der Waals surface area contributed by atoms with Crippen molar-refractivity contribution in [3.05, 3.63) is 0 Å². The standard InChI is InChI=1S/C12H22O2/c1-2-4-7-11(6-3-1)12-8-5-9-13-14-10-12/h11-12H,1-10H2. The zero-order valence-electron chi connectivity index (χ0n) is 9.04. The second kappa shape index (κ2) is 5.72. The van der Waals surface area contributed by atoms with Crippen LogP contribution < -0.4 is 0 Å². The van der Waals surface area contributed by atoms with E-state index in [4.69, 9.17) is 9.78 Å². The smallest absolute Gasteiger partial charge is 0.0853 e. The molecule has 1 aliphatic heterocycles. The van der Waals surface area contributed by atoms with Crippen molar-refractivity contribution in [1.82, 2.24) is 0 Å². The van der Waals surface area contributed by atoms with Gasteiger partial charge in [0.25, 0.3) is 0 Å². The Morgan fingerprint density at radius 1 is 0.643 bits per heavy atom. The van der Waals surface area contributed by atoms with Crippen molar-refractivity contribution in [2.45, 2.75) is 51.4 Å². The van der Waals surface area contributed by atoms with Crippen molar-refractivity contribution >= 4 is 0 Å². The third kappa shape index (κ3) is 2.96. The van der Waals surface area contributed by atoms with Gasteiger partial charge in [-0.25, -0.2) is 9.78 Å². The van der Waals surface area contributed by atoms with Gasteiger partial charge in [-0.2, -0.15) is 0 Å². The molecule has 2 heteroatoms. The van der Waals surface area contributed by atoms with Crippen molar-refractivity contribution in [2.75, 3.05) is 13.2 Å². The number of hydrogen-bond donors (Lipinski definition) is 0. The maximum Gasteiger partial charge on any atom is 0.0853 e. The van der Waals surface area contributed by atoms with Gasteiger partial charge in [0.05, 0.1) is 13.2 Å². The molecular formula is C12H22O2. The molecule has 1 saturated carbocycles. The fourth-order valence-electron chi connectivity index (χ4n) is 2.84. The summed E-state index contributed by atoms with van der Waals surface area (Å²) in [5.41, 5.74) is 0. The summed E-state index contributed by atoms with van der Waals surface area (Å²) >= 11 is 0. The molecule has 1 atom stereocenters. The van der Waals surface area contributed by atoms with Crippen LogP contribution in [0.3, 0.4) is 0 Å². The topological polar surface area (TPSA) is 18.5 Å². The van der Waals surface area contributed by atoms with Crippen LogP contribution in [0.1, 0.15) is 51.4 Å². The molecule has 0 spiro atoms. The minimum atomic E-state index is 0.774. The molecule has 0 aromatic carbocycles. The third-order valence-electron chi connectivity index (χ3n) is 3.73. The molecule has 2 fully saturated rings. The normalized spacial score (nSPS) is 32.1. The van der Waals surface area contributed by atoms with Crippen molar-refractivity contribution in [2.24, 2.45) is 11.8 Å². The SMILES string of the molecule is C1CCCC(C2CCCOOC2)CC1. The molecule has 1 aliphatic carbocycles. The lowest BCUT2D eigenvalue weighted by molar-refractivity contribution is -0.294. The molecule has 1 saturated heterocycles. The highest BCUT2D eigenvalue weighted by Gasteiger charge is 2.24. The zero-order valence-corrected chi connectivity index (χ0v) is 9.04. The summed E-state index contributed by atoms with van der Waals surface area (Å²) in [7, 11) is 0. The Morgan fingerprint density at radius 3 is 2.14 bits per heavy atom. The molecule has 14 heavy (non-hydrogen) atoms. The van der Waals surface area contributed by atoms with Gasteiger partial charge in [0.15, 0.2) is 0 Å². The van der Waals surface area contributed by atoms with E-state index in [2.05, 4.69) is 0 Å². The highest BCUT2D eigenvalue weighted by molar-refractivity contribution is 4.73. The van der Waals surface area contributed by atoms with Crippen LogP contribution in [0.25, 0.3) is 0 Å². The fourth-order valence-corrected chi connectivity index (χ4v) is 2.84. The average Bonchev–Trinajstić information content (AvgIpc) is 2.62. The van der Waals surface area contributed by atoms with E-state index in [1.54, 1.807) is 0 Å². The third-order valence-corrected chi connectivity index (χ3v) is 3.73. The molecule has 2 nitrogen and oxygen atoms in total. The van der Waals surface area contributed by atoms with Gasteiger partial charge in [-0.3, -0.25) is 0 Å². The van der Waals surface area contributed by atoms with Crippen molar-refractivity contribution in [1.29, 1.82) is 0 Å². The summed E-state index contributed by atoms with van der Waals surface area (Å²) in [6, 6.07) is 0. The lowest BCUT2D eigenvalue weighted by Crippen LogP contribution is -2.18. The Morgan fingerprint density at radius 2 is 1.36 bits per heavy atom. The molecule has 0 aromatic rings. The van der Waals surface area contributed by atoms with Crippen LogP contribution in [0.5, 0.6) is 0 Å². The second-order valence-electron chi connectivity index (χ2n) is 4.76. The minimum absolute atomic E-state index is 0.774. The molecule has 2 aliphatic rings. The lowest BCUT2D eigenvalue weighted by atomic mass is 9.84. The van der Waals surface area contributed by atoms with Gasteiger partial charge < -0.3 is 0 Å². The van der Waals surface area contributed by atoms with E-state index < -0.39 is 0 Å². The van der Waals surface area contributed by atoms with Crippen LogP contribution in [-0.2, 0) is 9.78 Å². The summed E-state index contributed by atoms with van der Waals surface area (Å²) in [4.78, 5) is 10.2. The van der Waals surface area contributed by atoms with Gasteiger partial charge >= 0.3 is 0 Å². The molecular weight excluding hydrogens is 176 g/mol. The maximum atomic E-state index is 5.20. The molecule has 0 radical (unpaired) electrons. The monoisotopic (exact) mass is 198 g/mol.